The van der Waals surface area contributed by atoms with Crippen LogP contribution in [0.4, 0.5) is 5.95 Å². The number of aryl methyl sites for hydroxylation is 1. The fourth-order valence-electron chi connectivity index (χ4n) is 4.58. The first-order valence-corrected chi connectivity index (χ1v) is 11.9. The summed E-state index contributed by atoms with van der Waals surface area (Å²) >= 11 is 0. The van der Waals surface area contributed by atoms with Crippen molar-refractivity contribution in [3.63, 3.8) is 0 Å². The van der Waals surface area contributed by atoms with Crippen molar-refractivity contribution in [2.24, 2.45) is 0 Å². The molecule has 1 aliphatic heterocycles. The number of ether oxygens (including phenoxy) is 1. The summed E-state index contributed by atoms with van der Waals surface area (Å²) in [5.74, 6) is 0.297. The summed E-state index contributed by atoms with van der Waals surface area (Å²) < 4.78 is 4.97. The Balaban J connectivity index is 1.46. The van der Waals surface area contributed by atoms with Crippen LogP contribution in [0, 0.1) is 6.92 Å². The van der Waals surface area contributed by atoms with Gasteiger partial charge in [0.05, 0.1) is 12.6 Å². The van der Waals surface area contributed by atoms with Gasteiger partial charge in [0, 0.05) is 43.9 Å². The fraction of sp³-hybridized carbons (Fsp3) is 0.370. The molecule has 34 heavy (non-hydrogen) atoms. The third-order valence-electron chi connectivity index (χ3n) is 6.30. The van der Waals surface area contributed by atoms with Crippen molar-refractivity contribution in [2.75, 3.05) is 37.7 Å². The average molecular weight is 461 g/mol. The molecule has 1 aliphatic rings. The van der Waals surface area contributed by atoms with Gasteiger partial charge >= 0.3 is 5.97 Å². The average Bonchev–Trinajstić information content (AvgIpc) is 2.85. The van der Waals surface area contributed by atoms with E-state index in [4.69, 9.17) is 4.74 Å². The molecular formula is C27H32N4O3. The van der Waals surface area contributed by atoms with E-state index < -0.39 is 0 Å². The third-order valence-corrected chi connectivity index (χ3v) is 6.30. The van der Waals surface area contributed by atoms with Gasteiger partial charge in [-0.25, -0.2) is 4.98 Å². The van der Waals surface area contributed by atoms with E-state index in [0.717, 1.165) is 26.2 Å². The number of nitrogens with zero attached hydrogens (tertiary/aromatic N) is 3. The maximum absolute atomic E-state index is 12.7. The molecule has 3 aromatic rings. The van der Waals surface area contributed by atoms with E-state index >= 15 is 0 Å². The molecular weight excluding hydrogens is 428 g/mol. The number of anilines is 1. The van der Waals surface area contributed by atoms with Gasteiger partial charge in [-0.05, 0) is 31.4 Å². The van der Waals surface area contributed by atoms with Gasteiger partial charge in [-0.1, -0.05) is 60.7 Å². The molecule has 0 spiro atoms. The zero-order valence-electron chi connectivity index (χ0n) is 19.9. The van der Waals surface area contributed by atoms with Crippen LogP contribution >= 0.6 is 0 Å². The van der Waals surface area contributed by atoms with Gasteiger partial charge in [0.1, 0.15) is 0 Å². The summed E-state index contributed by atoms with van der Waals surface area (Å²) in [7, 11) is 0. The lowest BCUT2D eigenvalue weighted by molar-refractivity contribution is -0.143. The van der Waals surface area contributed by atoms with E-state index in [-0.39, 0.29) is 24.0 Å². The van der Waals surface area contributed by atoms with E-state index in [9.17, 15) is 9.59 Å². The van der Waals surface area contributed by atoms with Crippen molar-refractivity contribution in [1.82, 2.24) is 14.9 Å². The second kappa shape index (κ2) is 11.1. The van der Waals surface area contributed by atoms with Crippen molar-refractivity contribution >= 4 is 11.9 Å². The molecule has 0 radical (unpaired) electrons. The number of carbonyl (C=O) groups excluding carboxylic acids is 1. The van der Waals surface area contributed by atoms with E-state index in [0.29, 0.717) is 30.2 Å². The summed E-state index contributed by atoms with van der Waals surface area (Å²) in [5.41, 5.74) is 3.58. The van der Waals surface area contributed by atoms with Crippen LogP contribution in [0.5, 0.6) is 0 Å². The number of nitrogens with one attached hydrogen (secondary N) is 1. The number of hydrogen-bond acceptors (Lipinski definition) is 6. The quantitative estimate of drug-likeness (QED) is 0.519. The number of hydrogen-bond donors (Lipinski definition) is 1. The van der Waals surface area contributed by atoms with Crippen LogP contribution in [0.1, 0.15) is 41.8 Å². The molecule has 1 fully saturated rings. The summed E-state index contributed by atoms with van der Waals surface area (Å²) in [5, 5.41) is 0. The van der Waals surface area contributed by atoms with Crippen molar-refractivity contribution in [1.29, 1.82) is 0 Å². The Hall–Kier alpha value is -3.45. The summed E-state index contributed by atoms with van der Waals surface area (Å²) in [6.07, 6.45) is 0.509. The first-order chi connectivity index (χ1) is 16.6. The SMILES string of the molecule is CCOC(=O)CCc1c(C)nc(N2CCN(C(c3ccccc3)c3ccccc3)CC2)[nH]c1=O. The number of benzene rings is 2. The number of H-pyrrole nitrogens is 1. The van der Waals surface area contributed by atoms with Gasteiger partial charge in [-0.15, -0.1) is 0 Å². The Morgan fingerprint density at radius 1 is 1.00 bits per heavy atom. The summed E-state index contributed by atoms with van der Waals surface area (Å²) in [6, 6.07) is 21.3. The minimum atomic E-state index is -0.298. The Bertz CT molecular complexity index is 1100. The van der Waals surface area contributed by atoms with E-state index in [1.165, 1.54) is 11.1 Å². The molecule has 4 rings (SSSR count). The van der Waals surface area contributed by atoms with Gasteiger partial charge in [-0.3, -0.25) is 19.5 Å². The highest BCUT2D eigenvalue weighted by Gasteiger charge is 2.27. The van der Waals surface area contributed by atoms with E-state index in [2.05, 4.69) is 68.3 Å². The third kappa shape index (κ3) is 5.54. The van der Waals surface area contributed by atoms with Crippen LogP contribution < -0.4 is 10.5 Å². The maximum atomic E-state index is 12.7. The molecule has 1 N–H and O–H groups in total. The topological polar surface area (TPSA) is 78.5 Å². The largest absolute Gasteiger partial charge is 0.466 e. The molecule has 7 heteroatoms. The van der Waals surface area contributed by atoms with Crippen molar-refractivity contribution in [3.8, 4) is 0 Å². The predicted molar refractivity (Wildman–Crippen MR) is 133 cm³/mol. The van der Waals surface area contributed by atoms with Crippen LogP contribution in [-0.2, 0) is 16.0 Å². The number of carbonyl (C=O) groups is 1. The lowest BCUT2D eigenvalue weighted by Crippen LogP contribution is -2.48. The number of rotatable bonds is 8. The van der Waals surface area contributed by atoms with Gasteiger partial charge < -0.3 is 9.64 Å². The molecule has 1 aromatic heterocycles. The van der Waals surface area contributed by atoms with Crippen LogP contribution in [-0.4, -0.2) is 53.6 Å². The lowest BCUT2D eigenvalue weighted by atomic mass is 9.96. The highest BCUT2D eigenvalue weighted by molar-refractivity contribution is 5.69. The second-order valence-electron chi connectivity index (χ2n) is 8.51. The van der Waals surface area contributed by atoms with Gasteiger partial charge in [0.25, 0.3) is 5.56 Å². The Morgan fingerprint density at radius 3 is 2.12 bits per heavy atom. The number of piperazine rings is 1. The number of esters is 1. The van der Waals surface area contributed by atoms with Crippen molar-refractivity contribution in [2.45, 2.75) is 32.7 Å². The molecule has 0 bridgehead atoms. The molecule has 0 amide bonds. The lowest BCUT2D eigenvalue weighted by Gasteiger charge is -2.40. The standard InChI is InChI=1S/C27H32N4O3/c1-3-34-24(32)15-14-23-20(2)28-27(29-26(23)33)31-18-16-30(17-19-31)25(21-10-6-4-7-11-21)22-12-8-5-9-13-22/h4-13,25H,3,14-19H2,1-2H3,(H,28,29,33). The second-order valence-corrected chi connectivity index (χ2v) is 8.51. The predicted octanol–water partition coefficient (Wildman–Crippen LogP) is 3.49. The smallest absolute Gasteiger partial charge is 0.306 e. The molecule has 0 unspecified atom stereocenters. The first-order valence-electron chi connectivity index (χ1n) is 11.9. The zero-order chi connectivity index (χ0) is 23.9. The zero-order valence-corrected chi connectivity index (χ0v) is 19.9. The molecule has 0 aliphatic carbocycles. The van der Waals surface area contributed by atoms with Crippen molar-refractivity contribution in [3.05, 3.63) is 93.4 Å². The highest BCUT2D eigenvalue weighted by atomic mass is 16.5. The number of aromatic amines is 1. The Labute approximate surface area is 200 Å². The molecule has 178 valence electrons. The molecule has 2 aromatic carbocycles. The summed E-state index contributed by atoms with van der Waals surface area (Å²) in [6.45, 7) is 7.17. The van der Waals surface area contributed by atoms with E-state index in [1.54, 1.807) is 6.92 Å². The van der Waals surface area contributed by atoms with E-state index in [1.807, 2.05) is 19.1 Å². The molecule has 0 saturated carbocycles. The number of aromatic nitrogens is 2. The van der Waals surface area contributed by atoms with Gasteiger partial charge in [-0.2, -0.15) is 0 Å². The molecule has 1 saturated heterocycles. The maximum Gasteiger partial charge on any atom is 0.306 e. The van der Waals surface area contributed by atoms with Crippen LogP contribution in [0.25, 0.3) is 0 Å². The molecule has 7 nitrogen and oxygen atoms in total. The monoisotopic (exact) mass is 460 g/mol. The van der Waals surface area contributed by atoms with Crippen LogP contribution in [0.3, 0.4) is 0 Å². The Kier molecular flexibility index (Phi) is 7.75. The van der Waals surface area contributed by atoms with Crippen LogP contribution in [0.2, 0.25) is 0 Å². The molecule has 0 atom stereocenters. The van der Waals surface area contributed by atoms with Gasteiger partial charge in [0.15, 0.2) is 0 Å². The normalized spacial score (nSPS) is 14.4. The minimum Gasteiger partial charge on any atom is -0.466 e. The minimum absolute atomic E-state index is 0.178. The highest BCUT2D eigenvalue weighted by Crippen LogP contribution is 2.29. The Morgan fingerprint density at radius 2 is 1.59 bits per heavy atom. The molecule has 2 heterocycles. The van der Waals surface area contributed by atoms with Gasteiger partial charge in [0.2, 0.25) is 5.95 Å². The summed E-state index contributed by atoms with van der Waals surface area (Å²) in [4.78, 5) is 36.6. The fourth-order valence-corrected chi connectivity index (χ4v) is 4.58. The first kappa shape index (κ1) is 23.7. The van der Waals surface area contributed by atoms with Crippen LogP contribution in [0.15, 0.2) is 65.5 Å². The van der Waals surface area contributed by atoms with Crippen molar-refractivity contribution < 1.29 is 9.53 Å².